The van der Waals surface area contributed by atoms with E-state index in [-0.39, 0.29) is 0 Å². The summed E-state index contributed by atoms with van der Waals surface area (Å²) < 4.78 is 7.32. The molecule has 0 aliphatic heterocycles. The molecule has 27 heavy (non-hydrogen) atoms. The molecule has 0 aliphatic carbocycles. The summed E-state index contributed by atoms with van der Waals surface area (Å²) in [5, 5.41) is 7.99. The number of ether oxygens (including phenoxy) is 1. The minimum absolute atomic E-state index is 0.629. The number of nitrogens with one attached hydrogen (secondary N) is 1. The Morgan fingerprint density at radius 3 is 2.33 bits per heavy atom. The molecule has 1 N–H and O–H groups in total. The molecule has 0 aliphatic rings. The van der Waals surface area contributed by atoms with Gasteiger partial charge in [-0.3, -0.25) is 0 Å². The van der Waals surface area contributed by atoms with Crippen LogP contribution in [0.25, 0.3) is 16.9 Å². The first-order valence-electron chi connectivity index (χ1n) is 8.77. The van der Waals surface area contributed by atoms with Crippen LogP contribution in [0.5, 0.6) is 5.75 Å². The molecule has 2 heterocycles. The van der Waals surface area contributed by atoms with E-state index in [1.807, 2.05) is 74.0 Å². The van der Waals surface area contributed by atoms with E-state index in [2.05, 4.69) is 10.4 Å². The Kier molecular flexibility index (Phi) is 4.24. The zero-order valence-electron chi connectivity index (χ0n) is 15.8. The minimum Gasteiger partial charge on any atom is -0.495 e. The maximum absolute atomic E-state index is 5.50. The lowest BCUT2D eigenvalue weighted by Gasteiger charge is -2.15. The molecule has 0 radical (unpaired) electrons. The normalized spacial score (nSPS) is 11.0. The van der Waals surface area contributed by atoms with Crippen LogP contribution in [-0.4, -0.2) is 26.9 Å². The molecule has 0 saturated heterocycles. The second-order valence-electron chi connectivity index (χ2n) is 6.55. The summed E-state index contributed by atoms with van der Waals surface area (Å²) in [7, 11) is 1.66. The molecule has 4 rings (SSSR count). The van der Waals surface area contributed by atoms with E-state index in [1.54, 1.807) is 7.11 Å². The molecule has 0 spiro atoms. The second kappa shape index (κ2) is 6.72. The highest BCUT2D eigenvalue weighted by atomic mass is 16.5. The topological polar surface area (TPSA) is 64.9 Å². The highest BCUT2D eigenvalue weighted by Gasteiger charge is 2.16. The van der Waals surface area contributed by atoms with Gasteiger partial charge in [0.05, 0.1) is 29.5 Å². The van der Waals surface area contributed by atoms with E-state index in [1.165, 1.54) is 0 Å². The molecule has 136 valence electrons. The third kappa shape index (κ3) is 3.21. The molecule has 2 aromatic heterocycles. The fourth-order valence-electron chi connectivity index (χ4n) is 3.11. The van der Waals surface area contributed by atoms with Crippen LogP contribution in [0.15, 0.2) is 48.5 Å². The maximum atomic E-state index is 5.50. The highest BCUT2D eigenvalue weighted by molar-refractivity contribution is 5.80. The van der Waals surface area contributed by atoms with E-state index in [9.17, 15) is 0 Å². The van der Waals surface area contributed by atoms with Crippen LogP contribution in [0.2, 0.25) is 0 Å². The van der Waals surface area contributed by atoms with Gasteiger partial charge in [-0.05, 0) is 56.7 Å². The fraction of sp³-hybridized carbons (Fsp3) is 0.190. The molecule has 0 saturated carbocycles. The van der Waals surface area contributed by atoms with Gasteiger partial charge in [0.25, 0.3) is 0 Å². The first-order valence-corrected chi connectivity index (χ1v) is 8.77. The Morgan fingerprint density at radius 1 is 0.926 bits per heavy atom. The molecule has 4 aromatic rings. The minimum atomic E-state index is 0.629. The Bertz CT molecular complexity index is 1130. The molecule has 6 heteroatoms. The van der Waals surface area contributed by atoms with Gasteiger partial charge < -0.3 is 10.1 Å². The molecular formula is C21H21N5O. The van der Waals surface area contributed by atoms with Gasteiger partial charge in [-0.25, -0.2) is 14.6 Å². The second-order valence-corrected chi connectivity index (χ2v) is 6.55. The highest BCUT2D eigenvalue weighted by Crippen LogP contribution is 2.31. The van der Waals surface area contributed by atoms with Crippen molar-refractivity contribution in [2.75, 3.05) is 12.4 Å². The lowest BCUT2D eigenvalue weighted by atomic mass is 10.2. The lowest BCUT2D eigenvalue weighted by molar-refractivity contribution is 0.416. The molecule has 0 unspecified atom stereocenters. The number of fused-ring (bicyclic) bond motifs is 1. The third-order valence-corrected chi connectivity index (χ3v) is 4.37. The molecular weight excluding hydrogens is 338 g/mol. The number of rotatable bonds is 4. The van der Waals surface area contributed by atoms with E-state index in [0.717, 1.165) is 39.4 Å². The van der Waals surface area contributed by atoms with E-state index >= 15 is 0 Å². The predicted octanol–water partition coefficient (Wildman–Crippen LogP) is 4.49. The zero-order valence-corrected chi connectivity index (χ0v) is 15.8. The van der Waals surface area contributed by atoms with Crippen LogP contribution in [0, 0.1) is 20.8 Å². The van der Waals surface area contributed by atoms with Gasteiger partial charge in [0.15, 0.2) is 11.6 Å². The van der Waals surface area contributed by atoms with E-state index < -0.39 is 0 Å². The number of hydrogen-bond donors (Lipinski definition) is 1. The molecule has 2 aromatic carbocycles. The standard InChI is InChI=1S/C21H21N5O/c1-13-9-10-19(27-4)18(11-13)23-20-21(26-15(3)12-14(2)25-26)24-17-8-6-5-7-16(17)22-20/h5-12H,1-4H3,(H,22,23). The largest absolute Gasteiger partial charge is 0.495 e. The quantitative estimate of drug-likeness (QED) is 0.581. The van der Waals surface area contributed by atoms with Gasteiger partial charge in [-0.1, -0.05) is 18.2 Å². The summed E-state index contributed by atoms with van der Waals surface area (Å²) in [6, 6.07) is 15.8. The zero-order chi connectivity index (χ0) is 19.0. The van der Waals surface area contributed by atoms with Gasteiger partial charge in [-0.15, -0.1) is 0 Å². The summed E-state index contributed by atoms with van der Waals surface area (Å²) in [5.74, 6) is 2.03. The van der Waals surface area contributed by atoms with E-state index in [4.69, 9.17) is 14.7 Å². The third-order valence-electron chi connectivity index (χ3n) is 4.37. The number of methoxy groups -OCH3 is 1. The number of benzene rings is 2. The van der Waals surface area contributed by atoms with E-state index in [0.29, 0.717) is 11.6 Å². The first kappa shape index (κ1) is 17.0. The summed E-state index contributed by atoms with van der Waals surface area (Å²) >= 11 is 0. The van der Waals surface area contributed by atoms with Gasteiger partial charge in [-0.2, -0.15) is 5.10 Å². The predicted molar refractivity (Wildman–Crippen MR) is 107 cm³/mol. The van der Waals surface area contributed by atoms with Crippen molar-refractivity contribution in [2.24, 2.45) is 0 Å². The average Bonchev–Trinajstić information content (AvgIpc) is 2.99. The van der Waals surface area contributed by atoms with Crippen LogP contribution >= 0.6 is 0 Å². The first-order chi connectivity index (χ1) is 13.0. The van der Waals surface area contributed by atoms with Crippen LogP contribution < -0.4 is 10.1 Å². The molecule has 6 nitrogen and oxygen atoms in total. The van der Waals surface area contributed by atoms with Crippen molar-refractivity contribution < 1.29 is 4.74 Å². The van der Waals surface area contributed by atoms with Gasteiger partial charge in [0.1, 0.15) is 5.75 Å². The lowest BCUT2D eigenvalue weighted by Crippen LogP contribution is -2.09. The van der Waals surface area contributed by atoms with Gasteiger partial charge in [0.2, 0.25) is 0 Å². The molecule has 0 fully saturated rings. The molecule has 0 atom stereocenters. The number of para-hydroxylation sites is 2. The molecule has 0 bridgehead atoms. The number of hydrogen-bond acceptors (Lipinski definition) is 5. The van der Waals surface area contributed by atoms with Crippen molar-refractivity contribution >= 4 is 22.5 Å². The van der Waals surface area contributed by atoms with Gasteiger partial charge >= 0.3 is 0 Å². The number of anilines is 2. The van der Waals surface area contributed by atoms with Crippen molar-refractivity contribution in [3.05, 3.63) is 65.5 Å². The van der Waals surface area contributed by atoms with Crippen LogP contribution in [0.4, 0.5) is 11.5 Å². The van der Waals surface area contributed by atoms with Crippen molar-refractivity contribution in [1.29, 1.82) is 0 Å². The fourth-order valence-corrected chi connectivity index (χ4v) is 3.11. The maximum Gasteiger partial charge on any atom is 0.197 e. The summed E-state index contributed by atoms with van der Waals surface area (Å²) in [4.78, 5) is 9.64. The smallest absolute Gasteiger partial charge is 0.197 e. The summed E-state index contributed by atoms with van der Waals surface area (Å²) in [5.41, 5.74) is 5.53. The van der Waals surface area contributed by atoms with Crippen LogP contribution in [0.1, 0.15) is 17.0 Å². The van der Waals surface area contributed by atoms with Crippen molar-refractivity contribution in [3.63, 3.8) is 0 Å². The summed E-state index contributed by atoms with van der Waals surface area (Å²) in [6.45, 7) is 6.02. The Balaban J connectivity index is 1.92. The summed E-state index contributed by atoms with van der Waals surface area (Å²) in [6.07, 6.45) is 0. The monoisotopic (exact) mass is 359 g/mol. The Morgan fingerprint density at radius 2 is 1.67 bits per heavy atom. The van der Waals surface area contributed by atoms with Crippen LogP contribution in [0.3, 0.4) is 0 Å². The number of aromatic nitrogens is 4. The van der Waals surface area contributed by atoms with Crippen molar-refractivity contribution in [3.8, 4) is 11.6 Å². The number of aryl methyl sites for hydroxylation is 3. The Hall–Kier alpha value is -3.41. The number of nitrogens with zero attached hydrogens (tertiary/aromatic N) is 4. The van der Waals surface area contributed by atoms with Crippen LogP contribution in [-0.2, 0) is 0 Å². The van der Waals surface area contributed by atoms with Crippen molar-refractivity contribution in [1.82, 2.24) is 19.7 Å². The molecule has 0 amide bonds. The van der Waals surface area contributed by atoms with Gasteiger partial charge in [0, 0.05) is 5.69 Å². The van der Waals surface area contributed by atoms with Crippen molar-refractivity contribution in [2.45, 2.75) is 20.8 Å². The SMILES string of the molecule is COc1ccc(C)cc1Nc1nc2ccccc2nc1-n1nc(C)cc1C. The average molecular weight is 359 g/mol. The Labute approximate surface area is 157 Å².